The Bertz CT molecular complexity index is 1240. The van der Waals surface area contributed by atoms with E-state index in [4.69, 9.17) is 9.98 Å². The van der Waals surface area contributed by atoms with Crippen molar-refractivity contribution >= 4 is 33.6 Å². The number of hydrogen-bond donors (Lipinski definition) is 0. The minimum Gasteiger partial charge on any atom is -0.358 e. The largest absolute Gasteiger partial charge is 2.00 e. The molecule has 0 N–H and O–H groups in total. The predicted molar refractivity (Wildman–Crippen MR) is 135 cm³/mol. The van der Waals surface area contributed by atoms with Crippen molar-refractivity contribution < 1.29 is 16.5 Å². The molecule has 0 fully saturated rings. The molecule has 0 radical (unpaired) electrons. The molecule has 0 saturated heterocycles. The third-order valence-electron chi connectivity index (χ3n) is 5.97. The van der Waals surface area contributed by atoms with Crippen LogP contribution in [0.1, 0.15) is 33.4 Å². The summed E-state index contributed by atoms with van der Waals surface area (Å²) in [5.41, 5.74) is 11.0. The fourth-order valence-corrected chi connectivity index (χ4v) is 4.40. The van der Waals surface area contributed by atoms with E-state index in [1.54, 1.807) is 0 Å². The topological polar surface area (TPSA) is 24.7 Å². The van der Waals surface area contributed by atoms with Crippen molar-refractivity contribution in [2.24, 2.45) is 9.98 Å². The van der Waals surface area contributed by atoms with Gasteiger partial charge < -0.3 is 7.43 Å². The van der Waals surface area contributed by atoms with Crippen LogP contribution >= 0.6 is 0 Å². The summed E-state index contributed by atoms with van der Waals surface area (Å²) in [6, 6.07) is 25.6. The monoisotopic (exact) mass is 461 g/mol. The van der Waals surface area contributed by atoms with Gasteiger partial charge in [0.1, 0.15) is 0 Å². The van der Waals surface area contributed by atoms with Crippen LogP contribution in [0.15, 0.2) is 82.8 Å². The molecule has 0 amide bonds. The summed E-state index contributed by atoms with van der Waals surface area (Å²) in [7, 11) is 0. The summed E-state index contributed by atoms with van der Waals surface area (Å²) in [6.07, 6.45) is 0. The summed E-state index contributed by atoms with van der Waals surface area (Å²) >= 11 is 0. The van der Waals surface area contributed by atoms with Crippen molar-refractivity contribution in [2.45, 2.75) is 27.7 Å². The Hall–Kier alpha value is -3.03. The molecule has 4 aromatic carbocycles. The van der Waals surface area contributed by atoms with Crippen molar-refractivity contribution in [3.8, 4) is 0 Å². The van der Waals surface area contributed by atoms with Gasteiger partial charge in [0.25, 0.3) is 0 Å². The van der Waals surface area contributed by atoms with Crippen molar-refractivity contribution in [2.75, 3.05) is 0 Å². The molecule has 0 spiro atoms. The molecule has 162 valence electrons. The second kappa shape index (κ2) is 9.22. The van der Waals surface area contributed by atoms with Gasteiger partial charge in [-0.05, 0) is 55.3 Å². The van der Waals surface area contributed by atoms with E-state index in [2.05, 4.69) is 100 Å². The van der Waals surface area contributed by atoms with Crippen LogP contribution in [0, 0.1) is 35.1 Å². The quantitative estimate of drug-likeness (QED) is 0.215. The van der Waals surface area contributed by atoms with Gasteiger partial charge in [-0.3, -0.25) is 0 Å². The second-order valence-electron chi connectivity index (χ2n) is 8.11. The molecule has 0 saturated carbocycles. The van der Waals surface area contributed by atoms with Gasteiger partial charge in [0, 0.05) is 16.5 Å². The Labute approximate surface area is 201 Å². The molecule has 1 aliphatic carbocycles. The molecule has 0 atom stereocenters. The predicted octanol–water partition coefficient (Wildman–Crippen LogP) is 7.78. The van der Waals surface area contributed by atoms with E-state index < -0.39 is 0 Å². The van der Waals surface area contributed by atoms with Crippen LogP contribution in [0.3, 0.4) is 0 Å². The molecule has 5 rings (SSSR count). The Balaban J connectivity index is 0.00000144. The average Bonchev–Trinajstić information content (AvgIpc) is 3.02. The molecule has 4 aromatic rings. The van der Waals surface area contributed by atoms with Crippen LogP contribution in [-0.4, -0.2) is 11.4 Å². The molecule has 32 heavy (non-hydrogen) atoms. The number of para-hydroxylation sites is 2. The summed E-state index contributed by atoms with van der Waals surface area (Å²) in [5, 5.41) is 2.47. The van der Waals surface area contributed by atoms with E-state index >= 15 is 0 Å². The summed E-state index contributed by atoms with van der Waals surface area (Å²) < 4.78 is 0. The minimum absolute atomic E-state index is 0. The molecule has 3 heteroatoms. The molecule has 0 unspecified atom stereocenters. The van der Waals surface area contributed by atoms with E-state index in [1.165, 1.54) is 33.0 Å². The van der Waals surface area contributed by atoms with Crippen LogP contribution in [0.25, 0.3) is 10.8 Å². The fraction of sp³-hybridized carbons (Fsp3) is 0.138. The van der Waals surface area contributed by atoms with Crippen molar-refractivity contribution in [1.29, 1.82) is 0 Å². The Kier molecular flexibility index (Phi) is 6.81. The summed E-state index contributed by atoms with van der Waals surface area (Å²) in [4.78, 5) is 10.4. The van der Waals surface area contributed by atoms with E-state index in [0.717, 1.165) is 33.9 Å². The van der Waals surface area contributed by atoms with Gasteiger partial charge in [-0.25, -0.2) is 9.98 Å². The molecule has 1 aliphatic rings. The van der Waals surface area contributed by atoms with Gasteiger partial charge >= 0.3 is 16.5 Å². The zero-order valence-corrected chi connectivity index (χ0v) is 20.1. The Morgan fingerprint density at radius 2 is 0.844 bits per heavy atom. The smallest absolute Gasteiger partial charge is 0.358 e. The van der Waals surface area contributed by atoms with Crippen LogP contribution in [0.4, 0.5) is 11.4 Å². The summed E-state index contributed by atoms with van der Waals surface area (Å²) in [5.74, 6) is 0. The van der Waals surface area contributed by atoms with E-state index in [-0.39, 0.29) is 23.9 Å². The zero-order valence-electron chi connectivity index (χ0n) is 19.1. The Morgan fingerprint density at radius 3 is 1.22 bits per heavy atom. The van der Waals surface area contributed by atoms with Gasteiger partial charge in [-0.15, -0.1) is 0 Å². The van der Waals surface area contributed by atoms with Gasteiger partial charge in [-0.2, -0.15) is 0 Å². The molecule has 0 aliphatic heterocycles. The van der Waals surface area contributed by atoms with Gasteiger partial charge in [-0.1, -0.05) is 72.8 Å². The first-order chi connectivity index (χ1) is 14.5. The molecule has 2 nitrogen and oxygen atoms in total. The third-order valence-corrected chi connectivity index (χ3v) is 5.97. The number of benzene rings is 4. The fourth-order valence-electron chi connectivity index (χ4n) is 4.40. The maximum absolute atomic E-state index is 5.22. The molecular formula is C29H27N2Ni+. The summed E-state index contributed by atoms with van der Waals surface area (Å²) in [6.45, 7) is 8.49. The van der Waals surface area contributed by atoms with E-state index in [0.29, 0.717) is 0 Å². The van der Waals surface area contributed by atoms with Crippen LogP contribution in [0.2, 0.25) is 0 Å². The Morgan fingerprint density at radius 1 is 0.500 bits per heavy atom. The van der Waals surface area contributed by atoms with Crippen molar-refractivity contribution in [1.82, 2.24) is 0 Å². The van der Waals surface area contributed by atoms with Gasteiger partial charge in [0.15, 0.2) is 0 Å². The van der Waals surface area contributed by atoms with Crippen LogP contribution in [0.5, 0.6) is 0 Å². The average molecular weight is 462 g/mol. The number of aliphatic imine (C=N–C) groups is 2. The van der Waals surface area contributed by atoms with Crippen molar-refractivity contribution in [3.63, 3.8) is 0 Å². The molecule has 0 aromatic heterocycles. The maximum atomic E-state index is 5.22. The molecular weight excluding hydrogens is 435 g/mol. The first kappa shape index (κ1) is 23.6. The number of rotatable bonds is 2. The van der Waals surface area contributed by atoms with Crippen molar-refractivity contribution in [3.05, 3.63) is 114 Å². The normalized spacial score (nSPS) is 14.5. The third kappa shape index (κ3) is 3.83. The SMILES string of the molecule is Cc1cccc(C)c1N=C1C(=Nc2c(C)cccc2C)c2cccc3cccc1c23.[CH3-].[Ni+2]. The first-order valence-corrected chi connectivity index (χ1v) is 10.4. The van der Waals surface area contributed by atoms with Gasteiger partial charge in [0.2, 0.25) is 0 Å². The molecule has 0 heterocycles. The van der Waals surface area contributed by atoms with Crippen LogP contribution < -0.4 is 0 Å². The maximum Gasteiger partial charge on any atom is 2.00 e. The minimum atomic E-state index is 0. The second-order valence-corrected chi connectivity index (χ2v) is 8.11. The number of hydrogen-bond acceptors (Lipinski definition) is 2. The zero-order chi connectivity index (χ0) is 20.8. The van der Waals surface area contributed by atoms with Crippen LogP contribution in [-0.2, 0) is 16.5 Å². The first-order valence-electron chi connectivity index (χ1n) is 10.4. The van der Waals surface area contributed by atoms with Gasteiger partial charge in [0.05, 0.1) is 22.8 Å². The standard InChI is InChI=1S/C28H24N2.CH3.Ni/c1-17-9-5-10-18(2)25(17)29-27-22-15-7-13-21-14-8-16-23(24(21)22)28(27)30-26-19(3)11-6-12-20(26)4;;/h5-16H,1-4H3;1H3;/q;-1;+2. The molecule has 0 bridgehead atoms. The number of aryl methyl sites for hydroxylation is 4. The number of nitrogens with zero attached hydrogens (tertiary/aromatic N) is 2. The van der Waals surface area contributed by atoms with E-state index in [1.807, 2.05) is 0 Å². The van der Waals surface area contributed by atoms with E-state index in [9.17, 15) is 0 Å².